The maximum absolute atomic E-state index is 3.45. The van der Waals surface area contributed by atoms with Crippen LogP contribution in [-0.2, 0) is 6.54 Å². The maximum Gasteiger partial charge on any atom is 0.0206 e. The summed E-state index contributed by atoms with van der Waals surface area (Å²) in [5.74, 6) is 0. The van der Waals surface area contributed by atoms with Crippen LogP contribution in [0.5, 0.6) is 0 Å². The van der Waals surface area contributed by atoms with Gasteiger partial charge in [-0.1, -0.05) is 39.8 Å². The second-order valence-electron chi connectivity index (χ2n) is 5.10. The van der Waals surface area contributed by atoms with Crippen molar-refractivity contribution in [1.82, 2.24) is 10.6 Å². The molecule has 0 spiro atoms. The van der Waals surface area contributed by atoms with Gasteiger partial charge in [-0.15, -0.1) is 11.8 Å². The minimum absolute atomic E-state index is 0.569. The minimum Gasteiger partial charge on any atom is -0.313 e. The normalized spacial score (nSPS) is 11.4. The van der Waals surface area contributed by atoms with Crippen LogP contribution in [0.3, 0.4) is 0 Å². The molecule has 1 rings (SSSR count). The van der Waals surface area contributed by atoms with Gasteiger partial charge in [-0.3, -0.25) is 0 Å². The van der Waals surface area contributed by atoms with E-state index < -0.39 is 0 Å². The number of nitrogens with one attached hydrogen (secondary N) is 2. The van der Waals surface area contributed by atoms with Crippen molar-refractivity contribution >= 4 is 11.8 Å². The summed E-state index contributed by atoms with van der Waals surface area (Å²) < 4.78 is 0. The summed E-state index contributed by atoms with van der Waals surface area (Å²) in [6.45, 7) is 11.8. The summed E-state index contributed by atoms with van der Waals surface area (Å²) >= 11 is 1.91. The molecule has 0 radical (unpaired) electrons. The zero-order chi connectivity index (χ0) is 13.4. The van der Waals surface area contributed by atoms with Crippen LogP contribution in [0.2, 0.25) is 0 Å². The van der Waals surface area contributed by atoms with Crippen molar-refractivity contribution in [2.45, 2.75) is 50.4 Å². The predicted molar refractivity (Wildman–Crippen MR) is 82.3 cm³/mol. The van der Waals surface area contributed by atoms with Crippen LogP contribution < -0.4 is 10.6 Å². The summed E-state index contributed by atoms with van der Waals surface area (Å²) in [7, 11) is 0. The Morgan fingerprint density at radius 3 is 2.22 bits per heavy atom. The van der Waals surface area contributed by atoms with E-state index in [9.17, 15) is 0 Å². The molecule has 0 saturated carbocycles. The zero-order valence-electron chi connectivity index (χ0n) is 12.0. The molecule has 0 unspecified atom stereocenters. The van der Waals surface area contributed by atoms with Crippen LogP contribution in [0.15, 0.2) is 29.2 Å². The summed E-state index contributed by atoms with van der Waals surface area (Å²) in [5, 5.41) is 7.49. The lowest BCUT2D eigenvalue weighted by atomic mass is 10.2. The molecule has 102 valence electrons. The molecule has 0 aliphatic carbocycles. The van der Waals surface area contributed by atoms with Crippen molar-refractivity contribution in [3.8, 4) is 0 Å². The van der Waals surface area contributed by atoms with Crippen LogP contribution in [0.25, 0.3) is 0 Å². The Labute approximate surface area is 116 Å². The predicted octanol–water partition coefficient (Wildman–Crippen LogP) is 3.27. The minimum atomic E-state index is 0.569. The number of rotatable bonds is 8. The van der Waals surface area contributed by atoms with Gasteiger partial charge in [0.1, 0.15) is 0 Å². The summed E-state index contributed by atoms with van der Waals surface area (Å²) in [6, 6.07) is 9.43. The first kappa shape index (κ1) is 15.5. The SMILES string of the molecule is CC(C)NCCNCc1ccc(SC(C)C)cc1. The average Bonchev–Trinajstić information content (AvgIpc) is 2.30. The molecule has 0 fully saturated rings. The monoisotopic (exact) mass is 266 g/mol. The smallest absolute Gasteiger partial charge is 0.0206 e. The molecule has 2 nitrogen and oxygen atoms in total. The molecule has 0 bridgehead atoms. The highest BCUT2D eigenvalue weighted by molar-refractivity contribution is 7.99. The van der Waals surface area contributed by atoms with Gasteiger partial charge >= 0.3 is 0 Å². The Hall–Kier alpha value is -0.510. The number of benzene rings is 1. The van der Waals surface area contributed by atoms with Gasteiger partial charge in [0.25, 0.3) is 0 Å². The molecule has 1 aromatic rings. The quantitative estimate of drug-likeness (QED) is 0.558. The first-order valence-electron chi connectivity index (χ1n) is 6.77. The molecule has 1 aromatic carbocycles. The zero-order valence-corrected chi connectivity index (χ0v) is 12.8. The van der Waals surface area contributed by atoms with E-state index in [2.05, 4.69) is 62.6 Å². The van der Waals surface area contributed by atoms with Gasteiger partial charge in [-0.2, -0.15) is 0 Å². The molecule has 0 aromatic heterocycles. The van der Waals surface area contributed by atoms with E-state index in [0.717, 1.165) is 19.6 Å². The van der Waals surface area contributed by atoms with Crippen molar-refractivity contribution in [3.63, 3.8) is 0 Å². The third-order valence-corrected chi connectivity index (χ3v) is 3.49. The van der Waals surface area contributed by atoms with Crippen LogP contribution in [-0.4, -0.2) is 24.4 Å². The third kappa shape index (κ3) is 7.04. The second-order valence-corrected chi connectivity index (χ2v) is 6.75. The van der Waals surface area contributed by atoms with Crippen molar-refractivity contribution in [2.24, 2.45) is 0 Å². The Morgan fingerprint density at radius 2 is 1.67 bits per heavy atom. The molecule has 2 N–H and O–H groups in total. The fraction of sp³-hybridized carbons (Fsp3) is 0.600. The molecule has 18 heavy (non-hydrogen) atoms. The van der Waals surface area contributed by atoms with E-state index in [0.29, 0.717) is 11.3 Å². The third-order valence-electron chi connectivity index (χ3n) is 2.48. The Morgan fingerprint density at radius 1 is 1.00 bits per heavy atom. The first-order valence-corrected chi connectivity index (χ1v) is 7.65. The molecule has 0 aliphatic rings. The molecule has 0 heterocycles. The Kier molecular flexibility index (Phi) is 7.40. The van der Waals surface area contributed by atoms with Crippen molar-refractivity contribution in [3.05, 3.63) is 29.8 Å². The van der Waals surface area contributed by atoms with Crippen LogP contribution in [0, 0.1) is 0 Å². The lowest BCUT2D eigenvalue weighted by molar-refractivity contribution is 0.555. The van der Waals surface area contributed by atoms with Gasteiger partial charge in [-0.05, 0) is 17.7 Å². The standard InChI is InChI=1S/C15H26N2S/c1-12(2)17-10-9-16-11-14-5-7-15(8-6-14)18-13(3)4/h5-8,12-13,16-17H,9-11H2,1-4H3. The molecule has 0 amide bonds. The van der Waals surface area contributed by atoms with E-state index in [-0.39, 0.29) is 0 Å². The highest BCUT2D eigenvalue weighted by Crippen LogP contribution is 2.22. The summed E-state index contributed by atoms with van der Waals surface area (Å²) in [5.41, 5.74) is 1.35. The maximum atomic E-state index is 3.45. The Bertz CT molecular complexity index is 320. The highest BCUT2D eigenvalue weighted by Gasteiger charge is 1.98. The molecular weight excluding hydrogens is 240 g/mol. The van der Waals surface area contributed by atoms with E-state index in [1.54, 1.807) is 0 Å². The van der Waals surface area contributed by atoms with Gasteiger partial charge < -0.3 is 10.6 Å². The van der Waals surface area contributed by atoms with E-state index in [4.69, 9.17) is 0 Å². The summed E-state index contributed by atoms with van der Waals surface area (Å²) in [6.07, 6.45) is 0. The average molecular weight is 266 g/mol. The van der Waals surface area contributed by atoms with Crippen molar-refractivity contribution in [1.29, 1.82) is 0 Å². The van der Waals surface area contributed by atoms with Gasteiger partial charge in [0.05, 0.1) is 0 Å². The largest absolute Gasteiger partial charge is 0.313 e. The number of thioether (sulfide) groups is 1. The molecule has 0 saturated heterocycles. The van der Waals surface area contributed by atoms with E-state index in [1.807, 2.05) is 11.8 Å². The first-order chi connectivity index (χ1) is 8.58. The van der Waals surface area contributed by atoms with Gasteiger partial charge in [-0.25, -0.2) is 0 Å². The van der Waals surface area contributed by atoms with Gasteiger partial charge in [0.15, 0.2) is 0 Å². The fourth-order valence-electron chi connectivity index (χ4n) is 1.64. The van der Waals surface area contributed by atoms with Crippen LogP contribution >= 0.6 is 11.8 Å². The number of hydrogen-bond acceptors (Lipinski definition) is 3. The Balaban J connectivity index is 2.22. The molecule has 3 heteroatoms. The van der Waals surface area contributed by atoms with Crippen LogP contribution in [0.4, 0.5) is 0 Å². The van der Waals surface area contributed by atoms with Crippen molar-refractivity contribution < 1.29 is 0 Å². The van der Waals surface area contributed by atoms with E-state index >= 15 is 0 Å². The van der Waals surface area contributed by atoms with Crippen LogP contribution in [0.1, 0.15) is 33.3 Å². The topological polar surface area (TPSA) is 24.1 Å². The van der Waals surface area contributed by atoms with Gasteiger partial charge in [0.2, 0.25) is 0 Å². The number of hydrogen-bond donors (Lipinski definition) is 2. The molecule has 0 aliphatic heterocycles. The summed E-state index contributed by atoms with van der Waals surface area (Å²) in [4.78, 5) is 1.36. The fourth-order valence-corrected chi connectivity index (χ4v) is 2.48. The molecular formula is C15H26N2S. The molecule has 0 atom stereocenters. The van der Waals surface area contributed by atoms with Crippen molar-refractivity contribution in [2.75, 3.05) is 13.1 Å². The highest BCUT2D eigenvalue weighted by atomic mass is 32.2. The lowest BCUT2D eigenvalue weighted by Gasteiger charge is -2.09. The second kappa shape index (κ2) is 8.57. The van der Waals surface area contributed by atoms with Gasteiger partial charge in [0, 0.05) is 35.8 Å². The lowest BCUT2D eigenvalue weighted by Crippen LogP contribution is -2.31. The van der Waals surface area contributed by atoms with E-state index in [1.165, 1.54) is 10.5 Å².